The first-order chi connectivity index (χ1) is 10.7. The molecule has 0 heterocycles. The first-order valence-corrected chi connectivity index (χ1v) is 12.5. The number of thioether (sulfide) groups is 1. The number of carbonyl (C=O) groups excluding carboxylic acids is 2. The van der Waals surface area contributed by atoms with Crippen molar-refractivity contribution in [2.45, 2.75) is 38.5 Å². The summed E-state index contributed by atoms with van der Waals surface area (Å²) in [7, 11) is -1.19. The molecule has 0 aliphatic rings. The van der Waals surface area contributed by atoms with Gasteiger partial charge in [0.1, 0.15) is 0 Å². The molecule has 0 spiro atoms. The van der Waals surface area contributed by atoms with Crippen LogP contribution in [0.25, 0.3) is 0 Å². The fraction of sp³-hybridized carbons (Fsp3) is 0.786. The van der Waals surface area contributed by atoms with Gasteiger partial charge >= 0.3 is 12.1 Å². The van der Waals surface area contributed by atoms with Crippen LogP contribution in [0.15, 0.2) is 0 Å². The van der Waals surface area contributed by atoms with Crippen molar-refractivity contribution in [1.82, 2.24) is 10.6 Å². The highest BCUT2D eigenvalue weighted by molar-refractivity contribution is 7.99. The first-order valence-electron chi connectivity index (χ1n) is 7.67. The molecule has 0 aliphatic heterocycles. The van der Waals surface area contributed by atoms with Crippen LogP contribution in [0.5, 0.6) is 0 Å². The SMILES string of the molecule is C[Si](C)(C)CCOC(=O)NCCCNC(=O)CSCCC(=O)O. The van der Waals surface area contributed by atoms with Crippen LogP contribution in [0.3, 0.4) is 0 Å². The predicted octanol–water partition coefficient (Wildman–Crippen LogP) is 1.76. The van der Waals surface area contributed by atoms with Gasteiger partial charge in [-0.05, 0) is 12.5 Å². The fourth-order valence-corrected chi connectivity index (χ4v) is 2.85. The molecule has 9 heteroatoms. The molecule has 2 amide bonds. The molecule has 0 aromatic carbocycles. The maximum atomic E-state index is 11.4. The van der Waals surface area contributed by atoms with Gasteiger partial charge in [-0.3, -0.25) is 9.59 Å². The van der Waals surface area contributed by atoms with Crippen LogP contribution in [0.1, 0.15) is 12.8 Å². The molecule has 3 N–H and O–H groups in total. The van der Waals surface area contributed by atoms with E-state index in [4.69, 9.17) is 9.84 Å². The standard InChI is InChI=1S/C14H28N2O5SSi/c1-23(2,3)10-8-21-14(20)16-7-4-6-15-12(17)11-22-9-5-13(18)19/h4-11H2,1-3H3,(H,15,17)(H,16,20)(H,18,19). The summed E-state index contributed by atoms with van der Waals surface area (Å²) >= 11 is 1.29. The molecule has 0 fully saturated rings. The van der Waals surface area contributed by atoms with Crippen LogP contribution in [-0.2, 0) is 14.3 Å². The maximum absolute atomic E-state index is 11.4. The third-order valence-corrected chi connectivity index (χ3v) is 5.39. The number of carbonyl (C=O) groups is 3. The van der Waals surface area contributed by atoms with Gasteiger partial charge in [-0.1, -0.05) is 19.6 Å². The molecule has 0 rings (SSSR count). The molecule has 0 radical (unpaired) electrons. The fourth-order valence-electron chi connectivity index (χ4n) is 1.38. The van der Waals surface area contributed by atoms with Gasteiger partial charge < -0.3 is 20.5 Å². The van der Waals surface area contributed by atoms with Gasteiger partial charge in [0.2, 0.25) is 5.91 Å². The van der Waals surface area contributed by atoms with Crippen LogP contribution in [-0.4, -0.2) is 62.4 Å². The predicted molar refractivity (Wildman–Crippen MR) is 94.7 cm³/mol. The van der Waals surface area contributed by atoms with E-state index in [1.54, 1.807) is 0 Å². The van der Waals surface area contributed by atoms with Crippen molar-refractivity contribution in [2.24, 2.45) is 0 Å². The summed E-state index contributed by atoms with van der Waals surface area (Å²) in [4.78, 5) is 33.1. The molecule has 0 aromatic rings. The highest BCUT2D eigenvalue weighted by Gasteiger charge is 2.13. The Morgan fingerprint density at radius 2 is 1.78 bits per heavy atom. The monoisotopic (exact) mass is 364 g/mol. The lowest BCUT2D eigenvalue weighted by Crippen LogP contribution is -2.32. The van der Waals surface area contributed by atoms with Crippen molar-refractivity contribution in [1.29, 1.82) is 0 Å². The molecular formula is C14H28N2O5SSi. The summed E-state index contributed by atoms with van der Waals surface area (Å²) in [5.74, 6) is -0.314. The lowest BCUT2D eigenvalue weighted by molar-refractivity contribution is -0.136. The van der Waals surface area contributed by atoms with Crippen LogP contribution in [0.2, 0.25) is 25.7 Å². The molecular weight excluding hydrogens is 336 g/mol. The minimum atomic E-state index is -1.19. The van der Waals surface area contributed by atoms with Gasteiger partial charge in [0, 0.05) is 26.9 Å². The van der Waals surface area contributed by atoms with Gasteiger partial charge in [0.15, 0.2) is 0 Å². The maximum Gasteiger partial charge on any atom is 0.407 e. The van der Waals surface area contributed by atoms with E-state index in [0.29, 0.717) is 31.9 Å². The Kier molecular flexibility index (Phi) is 11.6. The number of hydrogen-bond donors (Lipinski definition) is 3. The molecule has 7 nitrogen and oxygen atoms in total. The van der Waals surface area contributed by atoms with E-state index in [1.807, 2.05) is 0 Å². The Morgan fingerprint density at radius 3 is 2.39 bits per heavy atom. The molecule has 0 aromatic heterocycles. The normalized spacial score (nSPS) is 10.9. The molecule has 0 aliphatic carbocycles. The number of carboxylic acid groups (broad SMARTS) is 1. The number of ether oxygens (including phenoxy) is 1. The summed E-state index contributed by atoms with van der Waals surface area (Å²) in [6.45, 7) is 8.02. The average molecular weight is 365 g/mol. The van der Waals surface area contributed by atoms with Gasteiger partial charge in [-0.15, -0.1) is 0 Å². The summed E-state index contributed by atoms with van der Waals surface area (Å²) in [6.07, 6.45) is 0.259. The number of carboxylic acids is 1. The van der Waals surface area contributed by atoms with E-state index in [1.165, 1.54) is 11.8 Å². The molecule has 0 atom stereocenters. The summed E-state index contributed by atoms with van der Waals surface area (Å²) in [5, 5.41) is 13.8. The summed E-state index contributed by atoms with van der Waals surface area (Å²) in [5.41, 5.74) is 0. The zero-order valence-electron chi connectivity index (χ0n) is 14.1. The third kappa shape index (κ3) is 17.0. The highest BCUT2D eigenvalue weighted by Crippen LogP contribution is 2.07. The second kappa shape index (κ2) is 12.2. The molecule has 134 valence electrons. The minimum Gasteiger partial charge on any atom is -0.481 e. The molecule has 0 unspecified atom stereocenters. The van der Waals surface area contributed by atoms with Crippen LogP contribution >= 0.6 is 11.8 Å². The van der Waals surface area contributed by atoms with Gasteiger partial charge in [-0.2, -0.15) is 11.8 Å². The van der Waals surface area contributed by atoms with Crippen LogP contribution in [0, 0.1) is 0 Å². The quantitative estimate of drug-likeness (QED) is 0.360. The van der Waals surface area contributed by atoms with E-state index >= 15 is 0 Å². The Hall–Kier alpha value is -1.22. The lowest BCUT2D eigenvalue weighted by atomic mass is 10.4. The number of hydrogen-bond acceptors (Lipinski definition) is 5. The number of rotatable bonds is 12. The second-order valence-corrected chi connectivity index (χ2v) is 13.0. The van der Waals surface area contributed by atoms with Gasteiger partial charge in [0.25, 0.3) is 0 Å². The molecule has 0 saturated heterocycles. The lowest BCUT2D eigenvalue weighted by Gasteiger charge is -2.15. The first kappa shape index (κ1) is 21.8. The van der Waals surface area contributed by atoms with Gasteiger partial charge in [0.05, 0.1) is 18.8 Å². The highest BCUT2D eigenvalue weighted by atomic mass is 32.2. The Labute approximate surface area is 142 Å². The van der Waals surface area contributed by atoms with Crippen molar-refractivity contribution in [2.75, 3.05) is 31.2 Å². The van der Waals surface area contributed by atoms with Crippen molar-refractivity contribution in [3.63, 3.8) is 0 Å². The smallest absolute Gasteiger partial charge is 0.407 e. The van der Waals surface area contributed by atoms with E-state index in [-0.39, 0.29) is 18.1 Å². The number of alkyl carbamates (subject to hydrolysis) is 1. The van der Waals surface area contributed by atoms with Crippen molar-refractivity contribution in [3.8, 4) is 0 Å². The van der Waals surface area contributed by atoms with Crippen molar-refractivity contribution >= 4 is 37.8 Å². The number of nitrogens with one attached hydrogen (secondary N) is 2. The summed E-state index contributed by atoms with van der Waals surface area (Å²) < 4.78 is 5.08. The Bertz CT molecular complexity index is 388. The Balaban J connectivity index is 3.45. The van der Waals surface area contributed by atoms with Gasteiger partial charge in [-0.25, -0.2) is 4.79 Å². The zero-order chi connectivity index (χ0) is 17.7. The van der Waals surface area contributed by atoms with E-state index < -0.39 is 20.1 Å². The van der Waals surface area contributed by atoms with Crippen LogP contribution < -0.4 is 10.6 Å². The largest absolute Gasteiger partial charge is 0.481 e. The number of aliphatic carboxylic acids is 1. The Morgan fingerprint density at radius 1 is 1.13 bits per heavy atom. The average Bonchev–Trinajstić information content (AvgIpc) is 2.41. The van der Waals surface area contributed by atoms with Crippen molar-refractivity contribution in [3.05, 3.63) is 0 Å². The topological polar surface area (TPSA) is 105 Å². The second-order valence-electron chi connectivity index (χ2n) is 6.27. The molecule has 0 bridgehead atoms. The van der Waals surface area contributed by atoms with Crippen molar-refractivity contribution < 1.29 is 24.2 Å². The zero-order valence-corrected chi connectivity index (χ0v) is 16.0. The third-order valence-electron chi connectivity index (χ3n) is 2.72. The molecule has 23 heavy (non-hydrogen) atoms. The van der Waals surface area contributed by atoms with E-state index in [2.05, 4.69) is 30.3 Å². The number of amides is 2. The molecule has 0 saturated carbocycles. The van der Waals surface area contributed by atoms with Crippen LogP contribution in [0.4, 0.5) is 4.79 Å². The minimum absolute atomic E-state index is 0.0572. The van der Waals surface area contributed by atoms with E-state index in [9.17, 15) is 14.4 Å². The van der Waals surface area contributed by atoms with E-state index in [0.717, 1.165) is 6.04 Å². The summed E-state index contributed by atoms with van der Waals surface area (Å²) in [6, 6.07) is 0.940.